The van der Waals surface area contributed by atoms with Gasteiger partial charge in [0, 0.05) is 12.6 Å². The third-order valence-electron chi connectivity index (χ3n) is 5.55. The molecule has 0 aliphatic heterocycles. The van der Waals surface area contributed by atoms with Gasteiger partial charge in [0.15, 0.2) is 0 Å². The van der Waals surface area contributed by atoms with E-state index in [0.29, 0.717) is 5.75 Å². The number of methoxy groups -OCH3 is 1. The number of anilines is 1. The van der Waals surface area contributed by atoms with Crippen molar-refractivity contribution in [1.29, 1.82) is 0 Å². The molecule has 0 aliphatic rings. The van der Waals surface area contributed by atoms with Gasteiger partial charge in [-0.3, -0.25) is 13.9 Å². The number of benzene rings is 2. The number of sulfonamides is 1. The van der Waals surface area contributed by atoms with E-state index in [1.807, 2.05) is 13.8 Å². The van der Waals surface area contributed by atoms with Crippen molar-refractivity contribution in [3.05, 3.63) is 58.1 Å². The van der Waals surface area contributed by atoms with Crippen molar-refractivity contribution in [2.75, 3.05) is 24.2 Å². The smallest absolute Gasteiger partial charge is 0.244 e. The molecule has 2 amide bonds. The van der Waals surface area contributed by atoms with Crippen LogP contribution >= 0.6 is 23.2 Å². The number of carbonyl (C=O) groups excluding carboxylic acids is 2. The Hall–Kier alpha value is -2.49. The van der Waals surface area contributed by atoms with Crippen molar-refractivity contribution in [1.82, 2.24) is 10.2 Å². The van der Waals surface area contributed by atoms with Crippen molar-refractivity contribution in [2.45, 2.75) is 45.8 Å². The fourth-order valence-corrected chi connectivity index (χ4v) is 4.36. The van der Waals surface area contributed by atoms with Crippen LogP contribution in [0.25, 0.3) is 0 Å². The first-order valence-electron chi connectivity index (χ1n) is 11.0. The lowest BCUT2D eigenvalue weighted by Crippen LogP contribution is -2.52. The van der Waals surface area contributed by atoms with Crippen LogP contribution in [-0.4, -0.2) is 57.1 Å². The summed E-state index contributed by atoms with van der Waals surface area (Å²) in [6.45, 7) is 5.00. The van der Waals surface area contributed by atoms with Gasteiger partial charge in [0.2, 0.25) is 21.8 Å². The SMILES string of the molecule is CC[C@@H](C)NC(=O)[C@@H](C)N(Cc1ccc(OC)cc1)C(=O)CN(c1ccc(Cl)c(Cl)c1)S(C)(=O)=O. The van der Waals surface area contributed by atoms with Gasteiger partial charge >= 0.3 is 0 Å². The number of hydrogen-bond donors (Lipinski definition) is 1. The number of nitrogens with zero attached hydrogens (tertiary/aromatic N) is 2. The molecule has 0 heterocycles. The molecule has 0 saturated carbocycles. The molecular formula is C24H31Cl2N3O5S. The Morgan fingerprint density at radius 3 is 2.20 bits per heavy atom. The Morgan fingerprint density at radius 2 is 1.69 bits per heavy atom. The summed E-state index contributed by atoms with van der Waals surface area (Å²) in [5.74, 6) is -0.233. The Kier molecular flexibility index (Phi) is 10.2. The summed E-state index contributed by atoms with van der Waals surface area (Å²) >= 11 is 12.1. The lowest BCUT2D eigenvalue weighted by Gasteiger charge is -2.32. The summed E-state index contributed by atoms with van der Waals surface area (Å²) in [5, 5.41) is 3.29. The molecule has 0 spiro atoms. The van der Waals surface area contributed by atoms with Crippen molar-refractivity contribution < 1.29 is 22.7 Å². The van der Waals surface area contributed by atoms with E-state index < -0.39 is 28.5 Å². The molecule has 0 saturated heterocycles. The van der Waals surface area contributed by atoms with E-state index in [1.165, 1.54) is 23.1 Å². The first kappa shape index (κ1) is 28.7. The standard InChI is InChI=1S/C24H31Cl2N3O5S/c1-6-16(2)27-24(31)17(3)28(14-18-7-10-20(34-4)11-8-18)23(30)15-29(35(5,32)33)19-9-12-21(25)22(26)13-19/h7-13,16-17H,6,14-15H2,1-5H3,(H,27,31)/t16-,17-/m1/s1. The van der Waals surface area contributed by atoms with Gasteiger partial charge in [-0.05, 0) is 56.2 Å². The van der Waals surface area contributed by atoms with E-state index in [1.54, 1.807) is 38.3 Å². The van der Waals surface area contributed by atoms with Gasteiger partial charge in [-0.2, -0.15) is 0 Å². The van der Waals surface area contributed by atoms with Gasteiger partial charge in [-0.15, -0.1) is 0 Å². The van der Waals surface area contributed by atoms with E-state index >= 15 is 0 Å². The second-order valence-electron chi connectivity index (χ2n) is 8.23. The number of rotatable bonds is 11. The average molecular weight is 545 g/mol. The van der Waals surface area contributed by atoms with Crippen LogP contribution in [0.15, 0.2) is 42.5 Å². The minimum atomic E-state index is -3.86. The molecule has 2 rings (SSSR count). The zero-order valence-electron chi connectivity index (χ0n) is 20.4. The predicted molar refractivity (Wildman–Crippen MR) is 140 cm³/mol. The molecule has 2 aromatic carbocycles. The molecule has 35 heavy (non-hydrogen) atoms. The molecule has 11 heteroatoms. The lowest BCUT2D eigenvalue weighted by atomic mass is 10.1. The summed E-state index contributed by atoms with van der Waals surface area (Å²) in [7, 11) is -2.31. The molecule has 1 N–H and O–H groups in total. The molecule has 2 aromatic rings. The topological polar surface area (TPSA) is 96.0 Å². The molecule has 0 aliphatic carbocycles. The summed E-state index contributed by atoms with van der Waals surface area (Å²) in [5.41, 5.74) is 0.944. The third kappa shape index (κ3) is 8.02. The van der Waals surface area contributed by atoms with Gasteiger partial charge in [0.1, 0.15) is 18.3 Å². The molecule has 192 valence electrons. The van der Waals surface area contributed by atoms with E-state index in [2.05, 4.69) is 5.32 Å². The number of amides is 2. The summed E-state index contributed by atoms with van der Waals surface area (Å²) in [4.78, 5) is 27.8. The highest BCUT2D eigenvalue weighted by atomic mass is 35.5. The van der Waals surface area contributed by atoms with Crippen LogP contribution < -0.4 is 14.4 Å². The molecule has 0 unspecified atom stereocenters. The Labute approximate surface area is 217 Å². The monoisotopic (exact) mass is 543 g/mol. The number of halogens is 2. The van der Waals surface area contributed by atoms with Gasteiger partial charge in [0.05, 0.1) is 29.1 Å². The Balaban J connectivity index is 2.40. The molecule has 0 radical (unpaired) electrons. The summed E-state index contributed by atoms with van der Waals surface area (Å²) < 4.78 is 31.3. The molecule has 8 nitrogen and oxygen atoms in total. The Bertz CT molecular complexity index is 1140. The maximum Gasteiger partial charge on any atom is 0.244 e. The summed E-state index contributed by atoms with van der Waals surface area (Å²) in [6, 6.07) is 10.4. The quantitative estimate of drug-likeness (QED) is 0.460. The van der Waals surface area contributed by atoms with Crippen LogP contribution in [0, 0.1) is 0 Å². The van der Waals surface area contributed by atoms with Crippen molar-refractivity contribution in [3.63, 3.8) is 0 Å². The van der Waals surface area contributed by atoms with Crippen LogP contribution in [0.4, 0.5) is 5.69 Å². The van der Waals surface area contributed by atoms with Gasteiger partial charge < -0.3 is 15.0 Å². The molecule has 0 bridgehead atoms. The number of carbonyl (C=O) groups is 2. The molecule has 0 aromatic heterocycles. The number of nitrogens with one attached hydrogen (secondary N) is 1. The van der Waals surface area contributed by atoms with Crippen LogP contribution in [0.3, 0.4) is 0 Å². The highest BCUT2D eigenvalue weighted by Gasteiger charge is 2.30. The van der Waals surface area contributed by atoms with Crippen LogP contribution in [0.2, 0.25) is 10.0 Å². The number of ether oxygens (including phenoxy) is 1. The summed E-state index contributed by atoms with van der Waals surface area (Å²) in [6.07, 6.45) is 1.72. The fourth-order valence-electron chi connectivity index (χ4n) is 3.23. The van der Waals surface area contributed by atoms with Crippen LogP contribution in [-0.2, 0) is 26.2 Å². The van der Waals surface area contributed by atoms with Gasteiger partial charge in [-0.25, -0.2) is 8.42 Å². The van der Waals surface area contributed by atoms with Crippen molar-refractivity contribution >= 4 is 50.7 Å². The maximum atomic E-state index is 13.5. The van der Waals surface area contributed by atoms with E-state index in [-0.39, 0.29) is 34.2 Å². The second-order valence-corrected chi connectivity index (χ2v) is 11.0. The second kappa shape index (κ2) is 12.5. The van der Waals surface area contributed by atoms with E-state index in [9.17, 15) is 18.0 Å². The molecule has 2 atom stereocenters. The molecular weight excluding hydrogens is 513 g/mol. The lowest BCUT2D eigenvalue weighted by molar-refractivity contribution is -0.139. The normalized spacial score (nSPS) is 13.0. The van der Waals surface area contributed by atoms with Crippen molar-refractivity contribution in [2.24, 2.45) is 0 Å². The minimum absolute atomic E-state index is 0.0772. The Morgan fingerprint density at radius 1 is 1.06 bits per heavy atom. The number of hydrogen-bond acceptors (Lipinski definition) is 5. The molecule has 0 fully saturated rings. The first-order chi connectivity index (χ1) is 16.4. The van der Waals surface area contributed by atoms with E-state index in [0.717, 1.165) is 22.5 Å². The predicted octanol–water partition coefficient (Wildman–Crippen LogP) is 4.10. The van der Waals surface area contributed by atoms with Gasteiger partial charge in [0.25, 0.3) is 0 Å². The third-order valence-corrected chi connectivity index (χ3v) is 7.43. The zero-order valence-corrected chi connectivity index (χ0v) is 22.7. The highest BCUT2D eigenvalue weighted by Crippen LogP contribution is 2.28. The van der Waals surface area contributed by atoms with Gasteiger partial charge in [-0.1, -0.05) is 42.3 Å². The van der Waals surface area contributed by atoms with Crippen LogP contribution in [0.1, 0.15) is 32.8 Å². The minimum Gasteiger partial charge on any atom is -0.497 e. The largest absolute Gasteiger partial charge is 0.497 e. The highest BCUT2D eigenvalue weighted by molar-refractivity contribution is 7.92. The van der Waals surface area contributed by atoms with E-state index in [4.69, 9.17) is 27.9 Å². The van der Waals surface area contributed by atoms with Crippen LogP contribution in [0.5, 0.6) is 5.75 Å². The average Bonchev–Trinajstić information content (AvgIpc) is 2.81. The fraction of sp³-hybridized carbons (Fsp3) is 0.417. The first-order valence-corrected chi connectivity index (χ1v) is 13.6. The maximum absolute atomic E-state index is 13.5. The van der Waals surface area contributed by atoms with Crippen molar-refractivity contribution in [3.8, 4) is 5.75 Å². The zero-order chi connectivity index (χ0) is 26.3.